The highest BCUT2D eigenvalue weighted by atomic mass is 16.6. The summed E-state index contributed by atoms with van der Waals surface area (Å²) >= 11 is 0. The molecule has 19 heavy (non-hydrogen) atoms. The van der Waals surface area contributed by atoms with Gasteiger partial charge in [-0.3, -0.25) is 4.79 Å². The van der Waals surface area contributed by atoms with E-state index in [1.165, 1.54) is 19.3 Å². The number of allylic oxidation sites excluding steroid dienone is 1. The maximum Gasteiger partial charge on any atom is 0.351 e. The first-order valence-corrected chi connectivity index (χ1v) is 5.57. The number of rotatable bonds is 5. The van der Waals surface area contributed by atoms with Gasteiger partial charge < -0.3 is 24.1 Å². The zero-order valence-electron chi connectivity index (χ0n) is 10.7. The first kappa shape index (κ1) is 15.0. The highest BCUT2D eigenvalue weighted by Gasteiger charge is 2.24. The van der Waals surface area contributed by atoms with Gasteiger partial charge in [0.25, 0.3) is 6.47 Å². The number of hydrogen-bond donors (Lipinski definition) is 1. The lowest BCUT2D eigenvalue weighted by Gasteiger charge is -2.23. The molecule has 106 valence electrons. The van der Waals surface area contributed by atoms with Crippen LogP contribution in [0.15, 0.2) is 23.7 Å². The molecule has 0 aromatic carbocycles. The van der Waals surface area contributed by atoms with Gasteiger partial charge in [0, 0.05) is 6.08 Å². The smallest absolute Gasteiger partial charge is 0.351 e. The van der Waals surface area contributed by atoms with E-state index in [0.717, 1.165) is 0 Å². The van der Waals surface area contributed by atoms with Gasteiger partial charge in [0.15, 0.2) is 6.10 Å². The van der Waals surface area contributed by atoms with Gasteiger partial charge in [0.1, 0.15) is 19.0 Å². The molecule has 7 nitrogen and oxygen atoms in total. The third-order valence-corrected chi connectivity index (χ3v) is 2.29. The zero-order chi connectivity index (χ0) is 14.3. The molecule has 0 aromatic rings. The normalized spacial score (nSPS) is 25.4. The van der Waals surface area contributed by atoms with Gasteiger partial charge in [-0.15, -0.1) is 0 Å². The summed E-state index contributed by atoms with van der Waals surface area (Å²) in [6.45, 7) is 1.49. The Kier molecular flexibility index (Phi) is 5.87. The minimum absolute atomic E-state index is 0.0234. The molecule has 0 spiro atoms. The molecule has 0 radical (unpaired) electrons. The Bertz CT molecular complexity index is 386. The fourth-order valence-electron chi connectivity index (χ4n) is 1.51. The van der Waals surface area contributed by atoms with Crippen molar-refractivity contribution in [1.29, 1.82) is 0 Å². The molecule has 2 atom stereocenters. The standard InChI is InChI=1S/C12H16O7/c1-8-3-11(12(15)16-2)19-9(5-13)4-10(18-8)6-17-7-14/h3-4,7,10-11,13H,5-6H2,1-2H3/b8-3?,9-4-. The van der Waals surface area contributed by atoms with Crippen molar-refractivity contribution in [2.75, 3.05) is 20.3 Å². The number of aliphatic hydroxyl groups excluding tert-OH is 1. The van der Waals surface area contributed by atoms with E-state index in [1.54, 1.807) is 6.92 Å². The van der Waals surface area contributed by atoms with Gasteiger partial charge in [-0.25, -0.2) is 4.79 Å². The third-order valence-electron chi connectivity index (χ3n) is 2.29. The number of esters is 1. The second-order valence-corrected chi connectivity index (χ2v) is 3.72. The van der Waals surface area contributed by atoms with Crippen LogP contribution in [0.1, 0.15) is 6.92 Å². The van der Waals surface area contributed by atoms with Crippen LogP contribution in [0, 0.1) is 0 Å². The van der Waals surface area contributed by atoms with Crippen LogP contribution in [0.3, 0.4) is 0 Å². The zero-order valence-corrected chi connectivity index (χ0v) is 10.7. The first-order valence-electron chi connectivity index (χ1n) is 5.57. The summed E-state index contributed by atoms with van der Waals surface area (Å²) in [6, 6.07) is 0. The summed E-state index contributed by atoms with van der Waals surface area (Å²) in [6.07, 6.45) is 1.27. The molecule has 1 aliphatic rings. The molecule has 0 amide bonds. The molecule has 2 unspecified atom stereocenters. The average Bonchev–Trinajstić information content (AvgIpc) is 2.39. The van der Waals surface area contributed by atoms with E-state index in [1.807, 2.05) is 0 Å². The van der Waals surface area contributed by atoms with E-state index >= 15 is 0 Å². The summed E-state index contributed by atoms with van der Waals surface area (Å²) in [5.74, 6) is -0.0494. The van der Waals surface area contributed by atoms with Crippen molar-refractivity contribution < 1.29 is 33.6 Å². The second-order valence-electron chi connectivity index (χ2n) is 3.72. The number of carbonyl (C=O) groups excluding carboxylic acids is 2. The Morgan fingerprint density at radius 1 is 1.47 bits per heavy atom. The minimum atomic E-state index is -0.990. The number of aliphatic hydroxyl groups is 1. The summed E-state index contributed by atoms with van der Waals surface area (Å²) in [5.41, 5.74) is 0. The first-order chi connectivity index (χ1) is 9.10. The third kappa shape index (κ3) is 4.63. The molecule has 7 heteroatoms. The maximum atomic E-state index is 11.5. The lowest BCUT2D eigenvalue weighted by Crippen LogP contribution is -2.28. The predicted molar refractivity (Wildman–Crippen MR) is 62.7 cm³/mol. The van der Waals surface area contributed by atoms with Crippen LogP contribution >= 0.6 is 0 Å². The molecule has 0 fully saturated rings. The fraction of sp³-hybridized carbons (Fsp3) is 0.500. The van der Waals surface area contributed by atoms with E-state index in [4.69, 9.17) is 14.6 Å². The molecule has 0 saturated heterocycles. The van der Waals surface area contributed by atoms with Crippen LogP contribution in [0.25, 0.3) is 0 Å². The molecule has 0 aliphatic carbocycles. The molecule has 0 bridgehead atoms. The van der Waals surface area contributed by atoms with Crippen LogP contribution in [0.5, 0.6) is 0 Å². The van der Waals surface area contributed by atoms with E-state index in [-0.39, 0.29) is 12.4 Å². The van der Waals surface area contributed by atoms with Crippen molar-refractivity contribution in [3.05, 3.63) is 23.7 Å². The van der Waals surface area contributed by atoms with Gasteiger partial charge >= 0.3 is 5.97 Å². The number of methoxy groups -OCH3 is 1. The number of ether oxygens (including phenoxy) is 4. The van der Waals surface area contributed by atoms with Gasteiger partial charge in [0.05, 0.1) is 12.9 Å². The lowest BCUT2D eigenvalue weighted by atomic mass is 10.2. The highest BCUT2D eigenvalue weighted by Crippen LogP contribution is 2.16. The quantitative estimate of drug-likeness (QED) is 0.551. The molecule has 1 rings (SSSR count). The molecular weight excluding hydrogens is 256 g/mol. The molecule has 1 aliphatic heterocycles. The molecule has 1 N–H and O–H groups in total. The van der Waals surface area contributed by atoms with Crippen LogP contribution < -0.4 is 0 Å². The summed E-state index contributed by atoms with van der Waals surface area (Å²) in [5, 5.41) is 9.16. The van der Waals surface area contributed by atoms with Crippen LogP contribution in [-0.4, -0.2) is 50.1 Å². The molecule has 1 heterocycles. The SMILES string of the molecule is COC(=O)C1C=C(C)OC(COC=O)/C=C(/CO)O1. The molecule has 0 saturated carbocycles. The number of hydrogen-bond acceptors (Lipinski definition) is 7. The Morgan fingerprint density at radius 3 is 2.79 bits per heavy atom. The van der Waals surface area contributed by atoms with Crippen molar-refractivity contribution in [3.63, 3.8) is 0 Å². The summed E-state index contributed by atoms with van der Waals surface area (Å²) in [4.78, 5) is 21.6. The molecular formula is C12H16O7. The second kappa shape index (κ2) is 7.42. The molecule has 0 aromatic heterocycles. The predicted octanol–water partition coefficient (Wildman–Crippen LogP) is -0.104. The summed E-state index contributed by atoms with van der Waals surface area (Å²) < 4.78 is 19.9. The van der Waals surface area contributed by atoms with E-state index in [9.17, 15) is 9.59 Å². The van der Waals surface area contributed by atoms with E-state index in [0.29, 0.717) is 12.2 Å². The summed E-state index contributed by atoms with van der Waals surface area (Å²) in [7, 11) is 1.23. The Balaban J connectivity index is 2.87. The van der Waals surface area contributed by atoms with Crippen LogP contribution in [0.2, 0.25) is 0 Å². The highest BCUT2D eigenvalue weighted by molar-refractivity contribution is 5.77. The van der Waals surface area contributed by atoms with E-state index < -0.39 is 24.8 Å². The van der Waals surface area contributed by atoms with Crippen molar-refractivity contribution >= 4 is 12.4 Å². The van der Waals surface area contributed by atoms with Gasteiger partial charge in [-0.1, -0.05) is 0 Å². The van der Waals surface area contributed by atoms with Gasteiger partial charge in [-0.05, 0) is 13.0 Å². The lowest BCUT2D eigenvalue weighted by molar-refractivity contribution is -0.149. The van der Waals surface area contributed by atoms with Crippen molar-refractivity contribution in [2.45, 2.75) is 19.1 Å². The van der Waals surface area contributed by atoms with Crippen molar-refractivity contribution in [3.8, 4) is 0 Å². The van der Waals surface area contributed by atoms with Crippen LogP contribution in [-0.2, 0) is 28.5 Å². The minimum Gasteiger partial charge on any atom is -0.487 e. The topological polar surface area (TPSA) is 91.3 Å². The Labute approximate surface area is 110 Å². The van der Waals surface area contributed by atoms with E-state index in [2.05, 4.69) is 9.47 Å². The van der Waals surface area contributed by atoms with Crippen molar-refractivity contribution in [2.24, 2.45) is 0 Å². The Morgan fingerprint density at radius 2 is 2.21 bits per heavy atom. The van der Waals surface area contributed by atoms with Gasteiger partial charge in [0.2, 0.25) is 6.10 Å². The average molecular weight is 272 g/mol. The fourth-order valence-corrected chi connectivity index (χ4v) is 1.51. The largest absolute Gasteiger partial charge is 0.487 e. The monoisotopic (exact) mass is 272 g/mol. The number of carbonyl (C=O) groups is 2. The van der Waals surface area contributed by atoms with Gasteiger partial charge in [-0.2, -0.15) is 0 Å². The maximum absolute atomic E-state index is 11.5. The van der Waals surface area contributed by atoms with Crippen molar-refractivity contribution in [1.82, 2.24) is 0 Å². The van der Waals surface area contributed by atoms with Crippen LogP contribution in [0.4, 0.5) is 0 Å². The Hall–Kier alpha value is -2.02.